The Kier molecular flexibility index (Phi) is 5.92. The molecule has 0 saturated heterocycles. The lowest BCUT2D eigenvalue weighted by atomic mass is 10.0. The van der Waals surface area contributed by atoms with Gasteiger partial charge in [-0.05, 0) is 5.92 Å². The van der Waals surface area contributed by atoms with E-state index in [0.717, 1.165) is 6.42 Å². The molecule has 0 saturated carbocycles. The standard InChI is InChI=1S/C10H20N2O2/c1-6-8(2)9(10(13)14-5)11-7-12(3)4/h7-9H,6H2,1-5H3. The van der Waals surface area contributed by atoms with E-state index >= 15 is 0 Å². The van der Waals surface area contributed by atoms with Crippen LogP contribution in [-0.2, 0) is 9.53 Å². The van der Waals surface area contributed by atoms with Gasteiger partial charge in [0.1, 0.15) is 0 Å². The molecular formula is C10H20N2O2. The molecular weight excluding hydrogens is 180 g/mol. The molecule has 0 radical (unpaired) electrons. The predicted octanol–water partition coefficient (Wildman–Crippen LogP) is 1.16. The lowest BCUT2D eigenvalue weighted by Crippen LogP contribution is -2.28. The molecule has 0 aromatic heterocycles. The lowest BCUT2D eigenvalue weighted by Gasteiger charge is -2.16. The third kappa shape index (κ3) is 4.25. The van der Waals surface area contributed by atoms with Crippen LogP contribution in [0.3, 0.4) is 0 Å². The Bertz CT molecular complexity index is 202. The number of carbonyl (C=O) groups excluding carboxylic acids is 1. The van der Waals surface area contributed by atoms with E-state index in [0.29, 0.717) is 0 Å². The van der Waals surface area contributed by atoms with Gasteiger partial charge >= 0.3 is 5.97 Å². The summed E-state index contributed by atoms with van der Waals surface area (Å²) in [5.41, 5.74) is 0. The summed E-state index contributed by atoms with van der Waals surface area (Å²) in [7, 11) is 5.13. The van der Waals surface area contributed by atoms with Crippen LogP contribution >= 0.6 is 0 Å². The molecule has 2 atom stereocenters. The number of hydrogen-bond donors (Lipinski definition) is 0. The second-order valence-electron chi connectivity index (χ2n) is 3.58. The van der Waals surface area contributed by atoms with Crippen molar-refractivity contribution in [2.75, 3.05) is 21.2 Å². The fourth-order valence-electron chi connectivity index (χ4n) is 0.989. The van der Waals surface area contributed by atoms with Crippen molar-refractivity contribution in [3.8, 4) is 0 Å². The highest BCUT2D eigenvalue weighted by molar-refractivity contribution is 5.78. The van der Waals surface area contributed by atoms with Crippen molar-refractivity contribution in [1.29, 1.82) is 0 Å². The van der Waals surface area contributed by atoms with Crippen molar-refractivity contribution in [2.24, 2.45) is 10.9 Å². The third-order valence-corrected chi connectivity index (χ3v) is 2.08. The summed E-state index contributed by atoms with van der Waals surface area (Å²) in [6, 6.07) is -0.382. The molecule has 82 valence electrons. The molecule has 4 nitrogen and oxygen atoms in total. The van der Waals surface area contributed by atoms with Gasteiger partial charge in [0.2, 0.25) is 0 Å². The highest BCUT2D eigenvalue weighted by atomic mass is 16.5. The Morgan fingerprint density at radius 3 is 2.50 bits per heavy atom. The van der Waals surface area contributed by atoms with Crippen molar-refractivity contribution < 1.29 is 9.53 Å². The molecule has 0 bridgehead atoms. The molecule has 0 amide bonds. The minimum absolute atomic E-state index is 0.207. The molecule has 0 aliphatic rings. The van der Waals surface area contributed by atoms with Crippen LogP contribution in [0.25, 0.3) is 0 Å². The molecule has 0 heterocycles. The number of methoxy groups -OCH3 is 1. The topological polar surface area (TPSA) is 41.9 Å². The summed E-state index contributed by atoms with van der Waals surface area (Å²) >= 11 is 0. The van der Waals surface area contributed by atoms with Gasteiger partial charge in [-0.15, -0.1) is 0 Å². The molecule has 0 N–H and O–H groups in total. The summed E-state index contributed by atoms with van der Waals surface area (Å²) in [4.78, 5) is 17.4. The number of aliphatic imine (C=N–C) groups is 1. The Labute approximate surface area is 86.0 Å². The van der Waals surface area contributed by atoms with Crippen molar-refractivity contribution in [3.05, 3.63) is 0 Å². The quantitative estimate of drug-likeness (QED) is 0.380. The predicted molar refractivity (Wildman–Crippen MR) is 57.4 cm³/mol. The zero-order valence-corrected chi connectivity index (χ0v) is 9.65. The van der Waals surface area contributed by atoms with Crippen LogP contribution in [-0.4, -0.2) is 44.5 Å². The van der Waals surface area contributed by atoms with E-state index in [1.165, 1.54) is 7.11 Å². The van der Waals surface area contributed by atoms with Crippen molar-refractivity contribution in [2.45, 2.75) is 26.3 Å². The Morgan fingerprint density at radius 1 is 1.57 bits per heavy atom. The normalized spacial score (nSPS) is 15.2. The van der Waals surface area contributed by atoms with Crippen molar-refractivity contribution >= 4 is 12.3 Å². The van der Waals surface area contributed by atoms with Gasteiger partial charge in [0.05, 0.1) is 13.4 Å². The van der Waals surface area contributed by atoms with Gasteiger partial charge < -0.3 is 9.64 Å². The number of hydrogen-bond acceptors (Lipinski definition) is 3. The third-order valence-electron chi connectivity index (χ3n) is 2.08. The van der Waals surface area contributed by atoms with E-state index in [1.54, 1.807) is 11.2 Å². The minimum Gasteiger partial charge on any atom is -0.467 e. The van der Waals surface area contributed by atoms with Crippen LogP contribution in [0.4, 0.5) is 0 Å². The Hall–Kier alpha value is -1.06. The van der Waals surface area contributed by atoms with Gasteiger partial charge in [-0.2, -0.15) is 0 Å². The number of ether oxygens (including phenoxy) is 1. The zero-order valence-electron chi connectivity index (χ0n) is 9.65. The monoisotopic (exact) mass is 200 g/mol. The van der Waals surface area contributed by atoms with E-state index in [4.69, 9.17) is 4.74 Å². The van der Waals surface area contributed by atoms with Crippen LogP contribution in [0, 0.1) is 5.92 Å². The summed E-state index contributed by atoms with van der Waals surface area (Å²) in [5, 5.41) is 0. The SMILES string of the molecule is CCC(C)C(N=CN(C)C)C(=O)OC. The van der Waals surface area contributed by atoms with Gasteiger partial charge in [-0.25, -0.2) is 4.79 Å². The first-order chi connectivity index (χ1) is 6.52. The summed E-state index contributed by atoms with van der Waals surface area (Å²) in [6.45, 7) is 4.03. The molecule has 0 aromatic carbocycles. The van der Waals surface area contributed by atoms with Gasteiger partial charge in [-0.1, -0.05) is 20.3 Å². The molecule has 0 rings (SSSR count). The highest BCUT2D eigenvalue weighted by Crippen LogP contribution is 2.12. The van der Waals surface area contributed by atoms with Gasteiger partial charge in [0, 0.05) is 14.1 Å². The first-order valence-corrected chi connectivity index (χ1v) is 4.80. The molecule has 0 aromatic rings. The first kappa shape index (κ1) is 12.9. The van der Waals surface area contributed by atoms with E-state index in [-0.39, 0.29) is 17.9 Å². The Balaban J connectivity index is 4.47. The Morgan fingerprint density at radius 2 is 2.14 bits per heavy atom. The zero-order chi connectivity index (χ0) is 11.1. The molecule has 4 heteroatoms. The number of rotatable bonds is 5. The highest BCUT2D eigenvalue weighted by Gasteiger charge is 2.23. The average molecular weight is 200 g/mol. The number of carbonyl (C=O) groups is 1. The minimum atomic E-state index is -0.382. The smallest absolute Gasteiger partial charge is 0.330 e. The molecule has 2 unspecified atom stereocenters. The first-order valence-electron chi connectivity index (χ1n) is 4.80. The maximum Gasteiger partial charge on any atom is 0.330 e. The molecule has 14 heavy (non-hydrogen) atoms. The second kappa shape index (κ2) is 6.40. The number of nitrogens with zero attached hydrogens (tertiary/aromatic N) is 2. The van der Waals surface area contributed by atoms with Crippen LogP contribution in [0.1, 0.15) is 20.3 Å². The maximum absolute atomic E-state index is 11.4. The second-order valence-corrected chi connectivity index (χ2v) is 3.58. The molecule has 0 fully saturated rings. The summed E-state index contributed by atoms with van der Waals surface area (Å²) in [6.07, 6.45) is 2.55. The summed E-state index contributed by atoms with van der Waals surface area (Å²) in [5.74, 6) is -0.0592. The van der Waals surface area contributed by atoms with Gasteiger partial charge in [0.25, 0.3) is 0 Å². The maximum atomic E-state index is 11.4. The largest absolute Gasteiger partial charge is 0.467 e. The molecule has 0 aliphatic heterocycles. The van der Waals surface area contributed by atoms with E-state index in [1.807, 2.05) is 27.9 Å². The van der Waals surface area contributed by atoms with Crippen LogP contribution in [0.15, 0.2) is 4.99 Å². The van der Waals surface area contributed by atoms with E-state index in [9.17, 15) is 4.79 Å². The van der Waals surface area contributed by atoms with E-state index in [2.05, 4.69) is 4.99 Å². The van der Waals surface area contributed by atoms with Crippen LogP contribution < -0.4 is 0 Å². The van der Waals surface area contributed by atoms with Crippen LogP contribution in [0.2, 0.25) is 0 Å². The van der Waals surface area contributed by atoms with Crippen molar-refractivity contribution in [3.63, 3.8) is 0 Å². The lowest BCUT2D eigenvalue weighted by molar-refractivity contribution is -0.143. The van der Waals surface area contributed by atoms with Gasteiger partial charge in [-0.3, -0.25) is 4.99 Å². The summed E-state index contributed by atoms with van der Waals surface area (Å²) < 4.78 is 4.70. The molecule has 0 aliphatic carbocycles. The molecule has 0 spiro atoms. The van der Waals surface area contributed by atoms with Gasteiger partial charge in [0.15, 0.2) is 6.04 Å². The van der Waals surface area contributed by atoms with Crippen LogP contribution in [0.5, 0.6) is 0 Å². The number of esters is 1. The van der Waals surface area contributed by atoms with Crippen molar-refractivity contribution in [1.82, 2.24) is 4.90 Å². The van der Waals surface area contributed by atoms with E-state index < -0.39 is 0 Å². The fraction of sp³-hybridized carbons (Fsp3) is 0.800. The fourth-order valence-corrected chi connectivity index (χ4v) is 0.989. The average Bonchev–Trinajstić information content (AvgIpc) is 2.16.